The van der Waals surface area contributed by atoms with Gasteiger partial charge in [0.25, 0.3) is 0 Å². The lowest BCUT2D eigenvalue weighted by Gasteiger charge is -2.39. The van der Waals surface area contributed by atoms with Crippen molar-refractivity contribution in [2.24, 2.45) is 5.92 Å². The van der Waals surface area contributed by atoms with Crippen LogP contribution in [0.1, 0.15) is 24.8 Å². The van der Waals surface area contributed by atoms with E-state index >= 15 is 0 Å². The van der Waals surface area contributed by atoms with Crippen LogP contribution in [0, 0.1) is 5.92 Å². The summed E-state index contributed by atoms with van der Waals surface area (Å²) in [5, 5.41) is 9.45. The highest BCUT2D eigenvalue weighted by Gasteiger charge is 2.37. The van der Waals surface area contributed by atoms with Gasteiger partial charge in [0.2, 0.25) is 0 Å². The molecule has 0 aromatic heterocycles. The van der Waals surface area contributed by atoms with E-state index in [-0.39, 0.29) is 12.0 Å². The highest BCUT2D eigenvalue weighted by molar-refractivity contribution is 7.99. The third-order valence-corrected chi connectivity index (χ3v) is 4.52. The second-order valence-corrected chi connectivity index (χ2v) is 5.79. The van der Waals surface area contributed by atoms with E-state index in [4.69, 9.17) is 0 Å². The smallest absolute Gasteiger partial charge is 0.393 e. The molecular weight excluding hydrogens is 261 g/mol. The fraction of sp³-hybridized carbons (Fsp3) is 0.538. The number of halogens is 3. The highest BCUT2D eigenvalue weighted by Crippen LogP contribution is 2.42. The first kappa shape index (κ1) is 13.7. The van der Waals surface area contributed by atoms with Crippen LogP contribution < -0.4 is 0 Å². The summed E-state index contributed by atoms with van der Waals surface area (Å²) < 4.78 is 36.2. The number of thioether (sulfide) groups is 1. The molecule has 18 heavy (non-hydrogen) atoms. The van der Waals surface area contributed by atoms with Crippen LogP contribution in [0.4, 0.5) is 13.2 Å². The van der Waals surface area contributed by atoms with E-state index in [1.807, 2.05) is 19.1 Å². The Bertz CT molecular complexity index is 402. The summed E-state index contributed by atoms with van der Waals surface area (Å²) in [6.07, 6.45) is -3.62. The van der Waals surface area contributed by atoms with E-state index in [0.717, 1.165) is 23.7 Å². The van der Waals surface area contributed by atoms with Crippen LogP contribution in [-0.4, -0.2) is 23.1 Å². The fourth-order valence-corrected chi connectivity index (χ4v) is 2.84. The van der Waals surface area contributed by atoms with Crippen molar-refractivity contribution >= 4 is 11.8 Å². The van der Waals surface area contributed by atoms with Crippen molar-refractivity contribution in [2.75, 3.05) is 5.75 Å². The van der Waals surface area contributed by atoms with Crippen molar-refractivity contribution < 1.29 is 18.3 Å². The third kappa shape index (κ3) is 3.20. The number of benzene rings is 1. The fourth-order valence-electron chi connectivity index (χ4n) is 2.18. The molecule has 1 aromatic carbocycles. The predicted octanol–water partition coefficient (Wildman–Crippen LogP) is 3.83. The summed E-state index contributed by atoms with van der Waals surface area (Å²) in [5.74, 6) is -0.286. The maximum Gasteiger partial charge on any atom is 0.398 e. The number of hydrogen-bond acceptors (Lipinski definition) is 2. The normalized spacial score (nSPS) is 27.9. The van der Waals surface area contributed by atoms with Gasteiger partial charge < -0.3 is 5.11 Å². The standard InChI is InChI=1S/C13H15F3OS/c1-8-11(6-12(8)17)9-2-4-10(5-3-9)18-7-13(14,15)16/h2-5,8,11-12,17H,6-7H2,1H3. The third-order valence-electron chi connectivity index (χ3n) is 3.45. The summed E-state index contributed by atoms with van der Waals surface area (Å²) >= 11 is 0.800. The van der Waals surface area contributed by atoms with Gasteiger partial charge in [-0.2, -0.15) is 13.2 Å². The zero-order chi connectivity index (χ0) is 13.3. The molecule has 0 heterocycles. The van der Waals surface area contributed by atoms with Crippen LogP contribution in [0.2, 0.25) is 0 Å². The van der Waals surface area contributed by atoms with E-state index in [2.05, 4.69) is 0 Å². The Morgan fingerprint density at radius 2 is 1.89 bits per heavy atom. The first-order chi connectivity index (χ1) is 8.37. The van der Waals surface area contributed by atoms with Crippen molar-refractivity contribution in [3.63, 3.8) is 0 Å². The number of hydrogen-bond donors (Lipinski definition) is 1. The maximum atomic E-state index is 12.1. The second-order valence-electron chi connectivity index (χ2n) is 4.74. The molecule has 0 saturated heterocycles. The van der Waals surface area contributed by atoms with Crippen LogP contribution in [0.25, 0.3) is 0 Å². The molecule has 1 saturated carbocycles. The van der Waals surface area contributed by atoms with Gasteiger partial charge in [-0.25, -0.2) is 0 Å². The van der Waals surface area contributed by atoms with E-state index in [9.17, 15) is 18.3 Å². The van der Waals surface area contributed by atoms with Crippen LogP contribution in [0.15, 0.2) is 29.2 Å². The molecule has 0 radical (unpaired) electrons. The lowest BCUT2D eigenvalue weighted by Crippen LogP contribution is -2.37. The van der Waals surface area contributed by atoms with Crippen LogP contribution >= 0.6 is 11.8 Å². The summed E-state index contributed by atoms with van der Waals surface area (Å²) in [7, 11) is 0. The first-order valence-electron chi connectivity index (χ1n) is 5.84. The minimum Gasteiger partial charge on any atom is -0.393 e. The van der Waals surface area contributed by atoms with Gasteiger partial charge in [-0.1, -0.05) is 19.1 Å². The Balaban J connectivity index is 1.94. The molecule has 1 nitrogen and oxygen atoms in total. The predicted molar refractivity (Wildman–Crippen MR) is 65.7 cm³/mol. The number of aliphatic hydroxyl groups is 1. The molecule has 1 N–H and O–H groups in total. The molecule has 0 bridgehead atoms. The summed E-state index contributed by atoms with van der Waals surface area (Å²) in [5.41, 5.74) is 1.10. The SMILES string of the molecule is CC1C(O)CC1c1ccc(SCC(F)(F)F)cc1. The average molecular weight is 276 g/mol. The van der Waals surface area contributed by atoms with E-state index in [0.29, 0.717) is 10.8 Å². The molecule has 0 spiro atoms. The van der Waals surface area contributed by atoms with E-state index in [1.54, 1.807) is 12.1 Å². The van der Waals surface area contributed by atoms with E-state index in [1.165, 1.54) is 0 Å². The second kappa shape index (κ2) is 5.13. The van der Waals surface area contributed by atoms with Crippen molar-refractivity contribution in [3.8, 4) is 0 Å². The molecule has 0 aliphatic heterocycles. The molecule has 5 heteroatoms. The van der Waals surface area contributed by atoms with Crippen molar-refractivity contribution in [2.45, 2.75) is 36.4 Å². The number of rotatable bonds is 3. The monoisotopic (exact) mass is 276 g/mol. The minimum absolute atomic E-state index is 0.235. The summed E-state index contributed by atoms with van der Waals surface area (Å²) in [6, 6.07) is 7.18. The molecular formula is C13H15F3OS. The maximum absolute atomic E-state index is 12.1. The van der Waals surface area contributed by atoms with Gasteiger partial charge in [-0.15, -0.1) is 11.8 Å². The van der Waals surface area contributed by atoms with Gasteiger partial charge in [0, 0.05) is 4.90 Å². The minimum atomic E-state index is -4.13. The van der Waals surface area contributed by atoms with Crippen molar-refractivity contribution in [1.29, 1.82) is 0 Å². The Labute approximate surface area is 108 Å². The number of aliphatic hydroxyl groups excluding tert-OH is 1. The van der Waals surface area contributed by atoms with Gasteiger partial charge in [-0.3, -0.25) is 0 Å². The lowest BCUT2D eigenvalue weighted by atomic mass is 9.69. The van der Waals surface area contributed by atoms with Crippen LogP contribution in [-0.2, 0) is 0 Å². The average Bonchev–Trinajstić information content (AvgIpc) is 2.33. The van der Waals surface area contributed by atoms with Crippen molar-refractivity contribution in [3.05, 3.63) is 29.8 Å². The molecule has 3 unspecified atom stereocenters. The summed E-state index contributed by atoms with van der Waals surface area (Å²) in [6.45, 7) is 1.99. The number of alkyl halides is 3. The zero-order valence-corrected chi connectivity index (χ0v) is 10.8. The lowest BCUT2D eigenvalue weighted by molar-refractivity contribution is -0.105. The topological polar surface area (TPSA) is 20.2 Å². The van der Waals surface area contributed by atoms with Gasteiger partial charge in [0.05, 0.1) is 11.9 Å². The zero-order valence-electron chi connectivity index (χ0n) is 9.95. The van der Waals surface area contributed by atoms with Gasteiger partial charge in [0.1, 0.15) is 0 Å². The molecule has 100 valence electrons. The first-order valence-corrected chi connectivity index (χ1v) is 6.83. The molecule has 2 rings (SSSR count). The Morgan fingerprint density at radius 1 is 1.28 bits per heavy atom. The highest BCUT2D eigenvalue weighted by atomic mass is 32.2. The van der Waals surface area contributed by atoms with Gasteiger partial charge >= 0.3 is 6.18 Å². The quantitative estimate of drug-likeness (QED) is 0.847. The summed E-state index contributed by atoms with van der Waals surface area (Å²) in [4.78, 5) is 0.628. The van der Waals surface area contributed by atoms with Gasteiger partial charge in [0.15, 0.2) is 0 Å². The largest absolute Gasteiger partial charge is 0.398 e. The Morgan fingerprint density at radius 3 is 2.33 bits per heavy atom. The van der Waals surface area contributed by atoms with Crippen molar-refractivity contribution in [1.82, 2.24) is 0 Å². The molecule has 0 amide bonds. The molecule has 3 atom stereocenters. The van der Waals surface area contributed by atoms with Crippen LogP contribution in [0.3, 0.4) is 0 Å². The van der Waals surface area contributed by atoms with Crippen LogP contribution in [0.5, 0.6) is 0 Å². The molecule has 1 aliphatic carbocycles. The molecule has 1 aromatic rings. The Hall–Kier alpha value is -0.680. The van der Waals surface area contributed by atoms with E-state index < -0.39 is 11.9 Å². The molecule has 1 aliphatic rings. The van der Waals surface area contributed by atoms with Gasteiger partial charge in [-0.05, 0) is 36.0 Å². The Kier molecular flexibility index (Phi) is 3.92. The molecule has 1 fully saturated rings.